The Labute approximate surface area is 204 Å². The van der Waals surface area contributed by atoms with Crippen LogP contribution < -0.4 is 14.4 Å². The van der Waals surface area contributed by atoms with Crippen LogP contribution in [0.5, 0.6) is 11.5 Å². The van der Waals surface area contributed by atoms with Crippen LogP contribution >= 0.6 is 11.3 Å². The van der Waals surface area contributed by atoms with Crippen molar-refractivity contribution in [1.29, 1.82) is 0 Å². The highest BCUT2D eigenvalue weighted by Crippen LogP contribution is 2.40. The first-order valence-corrected chi connectivity index (χ1v) is 12.0. The van der Waals surface area contributed by atoms with Gasteiger partial charge >= 0.3 is 0 Å². The average molecular weight is 476 g/mol. The van der Waals surface area contributed by atoms with Crippen molar-refractivity contribution in [2.75, 3.05) is 46.3 Å². The standard InChI is InChI=1S/C27H29N3O3S/c1-29(2)17-8-18-30(27-28-24-22(32-3)15-16-23(33-4)25(24)34-27)26(31)21-13-11-20(12-14-21)19-9-6-5-7-10-19/h5-7,9-16H,8,17-18H2,1-4H3. The third-order valence-corrected chi connectivity index (χ3v) is 6.69. The molecule has 6 nitrogen and oxygen atoms in total. The number of methoxy groups -OCH3 is 2. The van der Waals surface area contributed by atoms with Gasteiger partial charge in [0.1, 0.15) is 21.7 Å². The van der Waals surface area contributed by atoms with Crippen molar-refractivity contribution < 1.29 is 14.3 Å². The van der Waals surface area contributed by atoms with Crippen LogP contribution in [-0.4, -0.2) is 57.2 Å². The summed E-state index contributed by atoms with van der Waals surface area (Å²) in [5.41, 5.74) is 3.52. The lowest BCUT2D eigenvalue weighted by molar-refractivity contribution is 0.0986. The number of carbonyl (C=O) groups is 1. The number of aromatic nitrogens is 1. The van der Waals surface area contributed by atoms with Gasteiger partial charge < -0.3 is 14.4 Å². The van der Waals surface area contributed by atoms with Crippen LogP contribution in [0.3, 0.4) is 0 Å². The lowest BCUT2D eigenvalue weighted by Gasteiger charge is -2.21. The van der Waals surface area contributed by atoms with E-state index in [1.54, 1.807) is 19.1 Å². The predicted octanol–water partition coefficient (Wildman–Crippen LogP) is 5.58. The quantitative estimate of drug-likeness (QED) is 0.316. The third kappa shape index (κ3) is 5.05. The van der Waals surface area contributed by atoms with E-state index in [-0.39, 0.29) is 5.91 Å². The van der Waals surface area contributed by atoms with Crippen LogP contribution in [0.25, 0.3) is 21.3 Å². The summed E-state index contributed by atoms with van der Waals surface area (Å²) in [6.07, 6.45) is 0.824. The van der Waals surface area contributed by atoms with Crippen LogP contribution in [0, 0.1) is 0 Å². The van der Waals surface area contributed by atoms with Gasteiger partial charge in [-0.05, 0) is 62.5 Å². The molecule has 1 heterocycles. The van der Waals surface area contributed by atoms with E-state index in [1.807, 2.05) is 68.7 Å². The van der Waals surface area contributed by atoms with E-state index in [9.17, 15) is 4.79 Å². The van der Waals surface area contributed by atoms with Crippen LogP contribution in [0.15, 0.2) is 66.7 Å². The zero-order chi connectivity index (χ0) is 24.1. The minimum Gasteiger partial charge on any atom is -0.495 e. The Morgan fingerprint density at radius 3 is 2.15 bits per heavy atom. The topological polar surface area (TPSA) is 54.9 Å². The maximum atomic E-state index is 13.7. The molecule has 4 aromatic rings. The number of ether oxygens (including phenoxy) is 2. The van der Waals surface area contributed by atoms with E-state index in [2.05, 4.69) is 17.0 Å². The van der Waals surface area contributed by atoms with Crippen molar-refractivity contribution in [2.45, 2.75) is 6.42 Å². The molecule has 0 aliphatic heterocycles. The normalized spacial score (nSPS) is 11.1. The molecule has 0 bridgehead atoms. The Bertz CT molecular complexity index is 1210. The van der Waals surface area contributed by atoms with Gasteiger partial charge in [-0.1, -0.05) is 53.8 Å². The first-order valence-electron chi connectivity index (χ1n) is 11.2. The molecular formula is C27H29N3O3S. The Hall–Kier alpha value is -3.42. The third-order valence-electron chi connectivity index (χ3n) is 5.60. The predicted molar refractivity (Wildman–Crippen MR) is 139 cm³/mol. The smallest absolute Gasteiger partial charge is 0.260 e. The zero-order valence-electron chi connectivity index (χ0n) is 19.9. The lowest BCUT2D eigenvalue weighted by atomic mass is 10.0. The van der Waals surface area contributed by atoms with Crippen molar-refractivity contribution in [3.05, 3.63) is 72.3 Å². The molecule has 0 spiro atoms. The average Bonchev–Trinajstić information content (AvgIpc) is 3.31. The van der Waals surface area contributed by atoms with Gasteiger partial charge in [-0.15, -0.1) is 0 Å². The van der Waals surface area contributed by atoms with Crippen molar-refractivity contribution in [1.82, 2.24) is 9.88 Å². The molecule has 0 unspecified atom stereocenters. The number of anilines is 1. The van der Waals surface area contributed by atoms with E-state index >= 15 is 0 Å². The second-order valence-corrected chi connectivity index (χ2v) is 9.18. The van der Waals surface area contributed by atoms with E-state index in [1.165, 1.54) is 11.3 Å². The minimum atomic E-state index is -0.0737. The SMILES string of the molecule is COc1ccc(OC)c2sc(N(CCCN(C)C)C(=O)c3ccc(-c4ccccc4)cc3)nc12. The first-order chi connectivity index (χ1) is 16.5. The number of amides is 1. The molecule has 7 heteroatoms. The van der Waals surface area contributed by atoms with Gasteiger partial charge in [-0.3, -0.25) is 9.69 Å². The van der Waals surface area contributed by atoms with Crippen molar-refractivity contribution >= 4 is 32.6 Å². The molecule has 0 atom stereocenters. The molecule has 3 aromatic carbocycles. The summed E-state index contributed by atoms with van der Waals surface area (Å²) in [6, 6.07) is 21.6. The Kier molecular flexibility index (Phi) is 7.45. The summed E-state index contributed by atoms with van der Waals surface area (Å²) in [7, 11) is 7.31. The fourth-order valence-electron chi connectivity index (χ4n) is 3.81. The second-order valence-electron chi connectivity index (χ2n) is 8.20. The van der Waals surface area contributed by atoms with Gasteiger partial charge in [0, 0.05) is 12.1 Å². The molecule has 1 amide bonds. The van der Waals surface area contributed by atoms with Gasteiger partial charge in [0.2, 0.25) is 0 Å². The first kappa shape index (κ1) is 23.7. The molecule has 0 aliphatic rings. The van der Waals surface area contributed by atoms with Gasteiger partial charge in [-0.2, -0.15) is 0 Å². The Balaban J connectivity index is 1.69. The Morgan fingerprint density at radius 2 is 1.50 bits per heavy atom. The molecule has 0 saturated heterocycles. The van der Waals surface area contributed by atoms with Crippen LogP contribution in [-0.2, 0) is 0 Å². The molecule has 0 N–H and O–H groups in total. The fourth-order valence-corrected chi connectivity index (χ4v) is 4.91. The van der Waals surface area contributed by atoms with Crippen LogP contribution in [0.2, 0.25) is 0 Å². The molecular weight excluding hydrogens is 446 g/mol. The van der Waals surface area contributed by atoms with Crippen LogP contribution in [0.1, 0.15) is 16.8 Å². The zero-order valence-corrected chi connectivity index (χ0v) is 20.8. The number of rotatable bonds is 9. The monoisotopic (exact) mass is 475 g/mol. The summed E-state index contributed by atoms with van der Waals surface area (Å²) < 4.78 is 11.9. The fraction of sp³-hybridized carbons (Fsp3) is 0.259. The number of nitrogens with zero attached hydrogens (tertiary/aromatic N) is 3. The minimum absolute atomic E-state index is 0.0737. The number of hydrogen-bond donors (Lipinski definition) is 0. The number of carbonyl (C=O) groups excluding carboxylic acids is 1. The van der Waals surface area contributed by atoms with Gasteiger partial charge in [0.15, 0.2) is 5.13 Å². The molecule has 0 radical (unpaired) electrons. The van der Waals surface area contributed by atoms with E-state index in [0.29, 0.717) is 34.3 Å². The number of fused-ring (bicyclic) bond motifs is 1. The van der Waals surface area contributed by atoms with Gasteiger partial charge in [0.25, 0.3) is 5.91 Å². The molecule has 0 fully saturated rings. The summed E-state index contributed by atoms with van der Waals surface area (Å²) in [5.74, 6) is 1.30. The lowest BCUT2D eigenvalue weighted by Crippen LogP contribution is -2.33. The molecule has 176 valence electrons. The summed E-state index contributed by atoms with van der Waals surface area (Å²) in [4.78, 5) is 22.4. The summed E-state index contributed by atoms with van der Waals surface area (Å²) >= 11 is 1.44. The maximum absolute atomic E-state index is 13.7. The Morgan fingerprint density at radius 1 is 0.853 bits per heavy atom. The van der Waals surface area contributed by atoms with Gasteiger partial charge in [-0.25, -0.2) is 4.98 Å². The summed E-state index contributed by atoms with van der Waals surface area (Å²) in [6.45, 7) is 1.43. The molecule has 1 aromatic heterocycles. The summed E-state index contributed by atoms with van der Waals surface area (Å²) in [5, 5.41) is 0.633. The van der Waals surface area contributed by atoms with Crippen LogP contribution in [0.4, 0.5) is 5.13 Å². The molecule has 34 heavy (non-hydrogen) atoms. The van der Waals surface area contributed by atoms with E-state index in [0.717, 1.165) is 28.8 Å². The van der Waals surface area contributed by atoms with Crippen molar-refractivity contribution in [3.63, 3.8) is 0 Å². The number of benzene rings is 3. The number of hydrogen-bond acceptors (Lipinski definition) is 6. The molecule has 4 rings (SSSR count). The van der Waals surface area contributed by atoms with Gasteiger partial charge in [0.05, 0.1) is 14.2 Å². The van der Waals surface area contributed by atoms with Crippen molar-refractivity contribution in [3.8, 4) is 22.6 Å². The highest BCUT2D eigenvalue weighted by Gasteiger charge is 2.23. The van der Waals surface area contributed by atoms with E-state index in [4.69, 9.17) is 14.5 Å². The maximum Gasteiger partial charge on any atom is 0.260 e. The molecule has 0 saturated carbocycles. The van der Waals surface area contributed by atoms with E-state index < -0.39 is 0 Å². The highest BCUT2D eigenvalue weighted by atomic mass is 32.1. The second kappa shape index (κ2) is 10.7. The number of thiazole rings is 1. The highest BCUT2D eigenvalue weighted by molar-refractivity contribution is 7.22. The molecule has 0 aliphatic carbocycles. The largest absolute Gasteiger partial charge is 0.495 e. The van der Waals surface area contributed by atoms with Crippen molar-refractivity contribution in [2.24, 2.45) is 0 Å².